The molecule has 0 aromatic rings. The number of esters is 1. The molecule has 0 aromatic heterocycles. The SMILES string of the molecule is C[C@]12CCC(=O)C=C1CC[C@@H]1C2=CC[C@@]2(C)[C@H]1CC[C@]2(O)C(=O)CN1CCN(C(=O)C2=CCOC2=O)CC1. The van der Waals surface area contributed by atoms with Crippen LogP contribution in [0.3, 0.4) is 0 Å². The van der Waals surface area contributed by atoms with E-state index in [-0.39, 0.29) is 47.5 Å². The van der Waals surface area contributed by atoms with Crippen LogP contribution in [-0.2, 0) is 23.9 Å². The number of ketones is 2. The predicted molar refractivity (Wildman–Crippen MR) is 139 cm³/mol. The van der Waals surface area contributed by atoms with Crippen molar-refractivity contribution in [1.29, 1.82) is 0 Å². The Kier molecular flexibility index (Phi) is 6.07. The molecule has 8 heteroatoms. The Balaban J connectivity index is 1.14. The second kappa shape index (κ2) is 8.98. The third-order valence-corrected chi connectivity index (χ3v) is 10.9. The van der Waals surface area contributed by atoms with E-state index in [1.54, 1.807) is 4.90 Å². The Morgan fingerprint density at radius 1 is 1.05 bits per heavy atom. The van der Waals surface area contributed by atoms with E-state index in [1.807, 2.05) is 11.0 Å². The van der Waals surface area contributed by atoms with E-state index in [2.05, 4.69) is 19.9 Å². The maximum Gasteiger partial charge on any atom is 0.343 e. The molecular formula is C30H38N2O6. The Bertz CT molecular complexity index is 1190. The van der Waals surface area contributed by atoms with Crippen molar-refractivity contribution in [2.24, 2.45) is 22.7 Å². The van der Waals surface area contributed by atoms with Gasteiger partial charge in [-0.1, -0.05) is 31.1 Å². The molecule has 38 heavy (non-hydrogen) atoms. The summed E-state index contributed by atoms with van der Waals surface area (Å²) < 4.78 is 4.86. The van der Waals surface area contributed by atoms with Crippen LogP contribution in [0.1, 0.15) is 58.8 Å². The van der Waals surface area contributed by atoms with Crippen LogP contribution in [-0.4, -0.2) is 83.3 Å². The maximum atomic E-state index is 13.7. The quantitative estimate of drug-likeness (QED) is 0.343. The molecule has 1 amide bonds. The fourth-order valence-corrected chi connectivity index (χ4v) is 8.48. The molecule has 2 saturated carbocycles. The first-order valence-corrected chi connectivity index (χ1v) is 14.2. The van der Waals surface area contributed by atoms with Crippen LogP contribution < -0.4 is 0 Å². The summed E-state index contributed by atoms with van der Waals surface area (Å²) in [7, 11) is 0. The first-order chi connectivity index (χ1) is 18.1. The molecule has 3 fully saturated rings. The number of rotatable bonds is 4. The number of cyclic esters (lactones) is 1. The monoisotopic (exact) mass is 522 g/mol. The van der Waals surface area contributed by atoms with Gasteiger partial charge in [0.1, 0.15) is 17.8 Å². The average molecular weight is 523 g/mol. The molecule has 0 spiro atoms. The number of amides is 1. The highest BCUT2D eigenvalue weighted by molar-refractivity contribution is 6.17. The number of ether oxygens (including phenoxy) is 1. The summed E-state index contributed by atoms with van der Waals surface area (Å²) in [6, 6.07) is 0. The summed E-state index contributed by atoms with van der Waals surface area (Å²) in [5, 5.41) is 12.0. The molecule has 2 heterocycles. The van der Waals surface area contributed by atoms with Gasteiger partial charge in [-0.3, -0.25) is 19.3 Å². The van der Waals surface area contributed by atoms with Crippen molar-refractivity contribution in [3.8, 4) is 0 Å². The van der Waals surface area contributed by atoms with E-state index in [0.29, 0.717) is 51.4 Å². The Hall–Kier alpha value is -2.58. The molecule has 6 aliphatic rings. The molecule has 1 saturated heterocycles. The van der Waals surface area contributed by atoms with Crippen LogP contribution in [0.5, 0.6) is 0 Å². The van der Waals surface area contributed by atoms with Gasteiger partial charge < -0.3 is 14.7 Å². The van der Waals surface area contributed by atoms with Crippen LogP contribution in [0.15, 0.2) is 34.9 Å². The number of Topliss-reactive ketones (excluding diaryl/α,β-unsaturated/α-hetero) is 1. The van der Waals surface area contributed by atoms with Crippen molar-refractivity contribution in [2.75, 3.05) is 39.3 Å². The Morgan fingerprint density at radius 2 is 1.82 bits per heavy atom. The van der Waals surface area contributed by atoms with Gasteiger partial charge in [-0.15, -0.1) is 0 Å². The van der Waals surface area contributed by atoms with Gasteiger partial charge in [0.05, 0.1) is 6.54 Å². The minimum atomic E-state index is -1.37. The first-order valence-electron chi connectivity index (χ1n) is 14.2. The predicted octanol–water partition coefficient (Wildman–Crippen LogP) is 2.37. The van der Waals surface area contributed by atoms with E-state index in [1.165, 1.54) is 17.2 Å². The zero-order valence-electron chi connectivity index (χ0n) is 22.5. The van der Waals surface area contributed by atoms with E-state index < -0.39 is 17.0 Å². The number of hydrogen-bond acceptors (Lipinski definition) is 7. The van der Waals surface area contributed by atoms with Crippen LogP contribution in [0, 0.1) is 22.7 Å². The van der Waals surface area contributed by atoms with Gasteiger partial charge >= 0.3 is 5.97 Å². The lowest BCUT2D eigenvalue weighted by molar-refractivity contribution is -0.154. The van der Waals surface area contributed by atoms with Crippen molar-refractivity contribution in [1.82, 2.24) is 9.80 Å². The number of fused-ring (bicyclic) bond motifs is 5. The molecule has 0 unspecified atom stereocenters. The molecule has 8 nitrogen and oxygen atoms in total. The number of allylic oxidation sites excluding steroid dienone is 4. The topological polar surface area (TPSA) is 104 Å². The maximum absolute atomic E-state index is 13.7. The van der Waals surface area contributed by atoms with Gasteiger partial charge in [-0.05, 0) is 62.5 Å². The largest absolute Gasteiger partial charge is 0.458 e. The van der Waals surface area contributed by atoms with Gasteiger partial charge in [0, 0.05) is 43.4 Å². The standard InChI is InChI=1S/C30H38N2O6/c1-28-9-5-20(33)17-19(28)3-4-21-23(28)6-10-29(2)24(21)7-11-30(29,37)25(34)18-31-12-14-32(15-13-31)26(35)22-8-16-38-27(22)36/h6,8,17,21,24,37H,3-5,7,9-16,18H2,1-2H3/t21-,24+,28+,29+,30+/m1/s1. The normalized spacial score (nSPS) is 38.9. The molecule has 204 valence electrons. The third kappa shape index (κ3) is 3.70. The lowest BCUT2D eigenvalue weighted by Crippen LogP contribution is -2.58. The van der Waals surface area contributed by atoms with Gasteiger partial charge in [-0.2, -0.15) is 0 Å². The number of hydrogen-bond donors (Lipinski definition) is 1. The second-order valence-corrected chi connectivity index (χ2v) is 12.6. The van der Waals surface area contributed by atoms with Gasteiger partial charge in [0.2, 0.25) is 0 Å². The second-order valence-electron chi connectivity index (χ2n) is 12.6. The average Bonchev–Trinajstić information content (AvgIpc) is 3.45. The summed E-state index contributed by atoms with van der Waals surface area (Å²) >= 11 is 0. The number of carbonyl (C=O) groups is 4. The van der Waals surface area contributed by atoms with Crippen LogP contribution in [0.4, 0.5) is 0 Å². The van der Waals surface area contributed by atoms with Gasteiger partial charge in [-0.25, -0.2) is 4.79 Å². The number of aliphatic hydroxyl groups is 1. The minimum absolute atomic E-state index is 0.0642. The molecule has 4 aliphatic carbocycles. The van der Waals surface area contributed by atoms with Crippen molar-refractivity contribution in [3.63, 3.8) is 0 Å². The van der Waals surface area contributed by atoms with Crippen LogP contribution in [0.2, 0.25) is 0 Å². The van der Waals surface area contributed by atoms with Crippen LogP contribution >= 0.6 is 0 Å². The molecule has 0 aromatic carbocycles. The molecular weight excluding hydrogens is 484 g/mol. The molecule has 0 bridgehead atoms. The molecule has 0 radical (unpaired) electrons. The number of carbonyl (C=O) groups excluding carboxylic acids is 4. The van der Waals surface area contributed by atoms with Crippen molar-refractivity contribution in [2.45, 2.75) is 64.4 Å². The van der Waals surface area contributed by atoms with Gasteiger partial charge in [0.15, 0.2) is 11.6 Å². The first kappa shape index (κ1) is 25.7. The lowest BCUT2D eigenvalue weighted by Gasteiger charge is -2.54. The highest BCUT2D eigenvalue weighted by Crippen LogP contribution is 2.65. The Morgan fingerprint density at radius 3 is 2.53 bits per heavy atom. The third-order valence-electron chi connectivity index (χ3n) is 10.9. The van der Waals surface area contributed by atoms with Crippen molar-refractivity contribution < 1.29 is 29.0 Å². The molecule has 1 N–H and O–H groups in total. The summed E-state index contributed by atoms with van der Waals surface area (Å²) in [5.74, 6) is -0.166. The molecule has 2 aliphatic heterocycles. The summed E-state index contributed by atoms with van der Waals surface area (Å²) in [4.78, 5) is 53.9. The van der Waals surface area contributed by atoms with Crippen molar-refractivity contribution >= 4 is 23.4 Å². The van der Waals surface area contributed by atoms with E-state index in [4.69, 9.17) is 4.74 Å². The minimum Gasteiger partial charge on any atom is -0.458 e. The number of nitrogens with zero attached hydrogens (tertiary/aromatic N) is 2. The summed E-state index contributed by atoms with van der Waals surface area (Å²) in [6.45, 7) is 6.61. The fourth-order valence-electron chi connectivity index (χ4n) is 8.48. The smallest absolute Gasteiger partial charge is 0.343 e. The van der Waals surface area contributed by atoms with Crippen LogP contribution in [0.25, 0.3) is 0 Å². The molecule has 5 atom stereocenters. The lowest BCUT2D eigenvalue weighted by atomic mass is 9.50. The van der Waals surface area contributed by atoms with E-state index >= 15 is 0 Å². The van der Waals surface area contributed by atoms with E-state index in [0.717, 1.165) is 25.7 Å². The summed E-state index contributed by atoms with van der Waals surface area (Å²) in [6.07, 6.45) is 11.1. The number of piperazine rings is 1. The van der Waals surface area contributed by atoms with E-state index in [9.17, 15) is 24.3 Å². The zero-order chi connectivity index (χ0) is 26.9. The molecule has 6 rings (SSSR count). The highest BCUT2D eigenvalue weighted by Gasteiger charge is 2.64. The summed E-state index contributed by atoms with van der Waals surface area (Å²) in [5.41, 5.74) is 0.854. The zero-order valence-corrected chi connectivity index (χ0v) is 22.5. The Labute approximate surface area is 223 Å². The fraction of sp³-hybridized carbons (Fsp3) is 0.667. The van der Waals surface area contributed by atoms with Gasteiger partial charge in [0.25, 0.3) is 5.91 Å². The highest BCUT2D eigenvalue weighted by atomic mass is 16.5. The van der Waals surface area contributed by atoms with Crippen molar-refractivity contribution in [3.05, 3.63) is 34.9 Å².